The van der Waals surface area contributed by atoms with Crippen LogP contribution in [0.5, 0.6) is 0 Å². The van der Waals surface area contributed by atoms with Gasteiger partial charge in [-0.05, 0) is 23.7 Å². The molecule has 1 aromatic carbocycles. The monoisotopic (exact) mass is 220 g/mol. The summed E-state index contributed by atoms with van der Waals surface area (Å²) in [5.41, 5.74) is 0. The molecule has 12 heavy (non-hydrogen) atoms. The second-order valence-corrected chi connectivity index (χ2v) is 4.30. The molecule has 1 atom stereocenters. The quantitative estimate of drug-likeness (QED) is 0.443. The van der Waals surface area contributed by atoms with Gasteiger partial charge >= 0.3 is 0 Å². The summed E-state index contributed by atoms with van der Waals surface area (Å²) < 4.78 is -0.700. The van der Waals surface area contributed by atoms with Crippen LogP contribution in [0.1, 0.15) is 0 Å². The third kappa shape index (κ3) is 3.05. The summed E-state index contributed by atoms with van der Waals surface area (Å²) in [4.78, 5) is 11.5. The highest BCUT2D eigenvalue weighted by Gasteiger charge is 2.12. The predicted octanol–water partition coefficient (Wildman–Crippen LogP) is 3.11. The smallest absolute Gasteiger partial charge is 0.250 e. The molecule has 1 rings (SSSR count). The van der Waals surface area contributed by atoms with Crippen LogP contribution >= 0.6 is 35.0 Å². The van der Waals surface area contributed by atoms with E-state index in [1.807, 2.05) is 30.3 Å². The number of rotatable bonds is 3. The first-order chi connectivity index (χ1) is 5.70. The van der Waals surface area contributed by atoms with E-state index in [0.29, 0.717) is 0 Å². The average molecular weight is 221 g/mol. The van der Waals surface area contributed by atoms with Gasteiger partial charge in [-0.25, -0.2) is 0 Å². The van der Waals surface area contributed by atoms with Crippen molar-refractivity contribution in [2.75, 3.05) is 0 Å². The molecule has 0 aliphatic heterocycles. The molecule has 0 aliphatic carbocycles. The molecule has 0 aliphatic rings. The summed E-state index contributed by atoms with van der Waals surface area (Å²) in [7, 11) is 0. The van der Waals surface area contributed by atoms with Gasteiger partial charge in [-0.1, -0.05) is 30.0 Å². The molecule has 0 amide bonds. The van der Waals surface area contributed by atoms with E-state index < -0.39 is 9.95 Å². The van der Waals surface area contributed by atoms with E-state index in [2.05, 4.69) is 0 Å². The van der Waals surface area contributed by atoms with Crippen molar-refractivity contribution >= 4 is 40.2 Å². The lowest BCUT2D eigenvalue weighted by atomic mass is 10.4. The molecular formula is C8H6Cl2OS. The highest BCUT2D eigenvalue weighted by Crippen LogP contribution is 2.26. The molecule has 0 aromatic heterocycles. The maximum absolute atomic E-state index is 10.6. The molecule has 0 fully saturated rings. The molecule has 1 nitrogen and oxygen atoms in total. The lowest BCUT2D eigenvalue weighted by molar-refractivity contribution is -0.110. The van der Waals surface area contributed by atoms with Crippen LogP contribution in [0.2, 0.25) is 0 Å². The van der Waals surface area contributed by atoms with Crippen LogP contribution in [0.25, 0.3) is 0 Å². The summed E-state index contributed by atoms with van der Waals surface area (Å²) in [5, 5.41) is -0.537. The van der Waals surface area contributed by atoms with Gasteiger partial charge in [0.1, 0.15) is 0 Å². The Bertz CT molecular complexity index is 263. The molecule has 0 saturated carbocycles. The molecule has 0 bridgehead atoms. The lowest BCUT2D eigenvalue weighted by Gasteiger charge is -2.02. The molecule has 64 valence electrons. The van der Waals surface area contributed by atoms with Gasteiger partial charge in [0.25, 0.3) is 0 Å². The second-order valence-electron chi connectivity index (χ2n) is 2.05. The second kappa shape index (κ2) is 4.75. The number of thioether (sulfide) groups is 1. The Morgan fingerprint density at radius 3 is 2.42 bits per heavy atom. The fraction of sp³-hybridized carbons (Fsp3) is 0.125. The average Bonchev–Trinajstić information content (AvgIpc) is 2.06. The molecule has 4 heteroatoms. The minimum Gasteiger partial charge on any atom is -0.279 e. The van der Waals surface area contributed by atoms with Crippen LogP contribution in [0.15, 0.2) is 35.2 Å². The zero-order chi connectivity index (χ0) is 8.97. The zero-order valence-electron chi connectivity index (χ0n) is 6.04. The van der Waals surface area contributed by atoms with Crippen molar-refractivity contribution in [3.05, 3.63) is 30.3 Å². The molecule has 0 radical (unpaired) electrons. The van der Waals surface area contributed by atoms with Crippen LogP contribution in [0.3, 0.4) is 0 Å². The summed E-state index contributed by atoms with van der Waals surface area (Å²) >= 11 is 12.1. The first-order valence-electron chi connectivity index (χ1n) is 3.25. The standard InChI is InChI=1S/C8H6Cl2OS/c9-7(11)8(10)12-6-4-2-1-3-5-6/h1-5,8H. The Labute approximate surface area is 85.1 Å². The van der Waals surface area contributed by atoms with Crippen molar-refractivity contribution in [2.24, 2.45) is 0 Å². The van der Waals surface area contributed by atoms with Crippen molar-refractivity contribution in [3.63, 3.8) is 0 Å². The van der Waals surface area contributed by atoms with Gasteiger partial charge in [-0.2, -0.15) is 0 Å². The molecule has 1 unspecified atom stereocenters. The zero-order valence-corrected chi connectivity index (χ0v) is 8.36. The van der Waals surface area contributed by atoms with Crippen LogP contribution in [0, 0.1) is 0 Å². The Morgan fingerprint density at radius 1 is 1.33 bits per heavy atom. The molecule has 0 saturated heterocycles. The van der Waals surface area contributed by atoms with Gasteiger partial charge in [0.2, 0.25) is 5.24 Å². The SMILES string of the molecule is O=C(Cl)C(Cl)Sc1ccccc1. The normalized spacial score (nSPS) is 12.5. The summed E-state index contributed by atoms with van der Waals surface area (Å²) in [6.45, 7) is 0. The molecule has 0 spiro atoms. The number of benzene rings is 1. The van der Waals surface area contributed by atoms with Crippen LogP contribution in [-0.2, 0) is 4.79 Å². The number of alkyl halides is 1. The summed E-state index contributed by atoms with van der Waals surface area (Å²) in [6.07, 6.45) is 0. The van der Waals surface area contributed by atoms with Crippen molar-refractivity contribution in [1.82, 2.24) is 0 Å². The van der Waals surface area contributed by atoms with Gasteiger partial charge in [-0.3, -0.25) is 4.79 Å². The van der Waals surface area contributed by atoms with Crippen molar-refractivity contribution in [1.29, 1.82) is 0 Å². The van der Waals surface area contributed by atoms with Gasteiger partial charge in [-0.15, -0.1) is 11.6 Å². The van der Waals surface area contributed by atoms with Gasteiger partial charge in [0, 0.05) is 4.90 Å². The third-order valence-corrected chi connectivity index (χ3v) is 3.05. The van der Waals surface area contributed by atoms with E-state index in [-0.39, 0.29) is 0 Å². The predicted molar refractivity (Wildman–Crippen MR) is 52.8 cm³/mol. The molecular weight excluding hydrogens is 215 g/mol. The maximum Gasteiger partial charge on any atom is 0.250 e. The van der Waals surface area contributed by atoms with E-state index >= 15 is 0 Å². The summed E-state index contributed by atoms with van der Waals surface area (Å²) in [5.74, 6) is 0. The van der Waals surface area contributed by atoms with Gasteiger partial charge in [0.05, 0.1) is 0 Å². The highest BCUT2D eigenvalue weighted by molar-refractivity contribution is 8.02. The minimum absolute atomic E-state index is 0.537. The Hall–Kier alpha value is -0.180. The molecule has 1 aromatic rings. The third-order valence-electron chi connectivity index (χ3n) is 1.16. The van der Waals surface area contributed by atoms with Crippen molar-refractivity contribution in [2.45, 2.75) is 9.60 Å². The number of hydrogen-bond donors (Lipinski definition) is 0. The minimum atomic E-state index is -0.700. The summed E-state index contributed by atoms with van der Waals surface area (Å²) in [6, 6.07) is 9.41. The first-order valence-corrected chi connectivity index (χ1v) is 4.94. The van der Waals surface area contributed by atoms with E-state index in [4.69, 9.17) is 23.2 Å². The van der Waals surface area contributed by atoms with Crippen LogP contribution in [-0.4, -0.2) is 9.95 Å². The first kappa shape index (κ1) is 9.90. The van der Waals surface area contributed by atoms with Gasteiger partial charge in [0.15, 0.2) is 4.71 Å². The number of halogens is 2. The highest BCUT2D eigenvalue weighted by atomic mass is 35.5. The lowest BCUT2D eigenvalue weighted by Crippen LogP contribution is -2.01. The number of hydrogen-bond acceptors (Lipinski definition) is 2. The maximum atomic E-state index is 10.6. The fourth-order valence-electron chi connectivity index (χ4n) is 0.665. The van der Waals surface area contributed by atoms with E-state index in [1.54, 1.807) is 0 Å². The van der Waals surface area contributed by atoms with Crippen molar-refractivity contribution in [3.8, 4) is 0 Å². The Morgan fingerprint density at radius 2 is 1.92 bits per heavy atom. The Kier molecular flexibility index (Phi) is 3.92. The number of carbonyl (C=O) groups is 1. The van der Waals surface area contributed by atoms with E-state index in [9.17, 15) is 4.79 Å². The largest absolute Gasteiger partial charge is 0.279 e. The fourth-order valence-corrected chi connectivity index (χ4v) is 1.75. The topological polar surface area (TPSA) is 17.1 Å². The van der Waals surface area contributed by atoms with E-state index in [0.717, 1.165) is 4.90 Å². The van der Waals surface area contributed by atoms with E-state index in [1.165, 1.54) is 11.8 Å². The number of carbonyl (C=O) groups excluding carboxylic acids is 1. The van der Waals surface area contributed by atoms with Gasteiger partial charge < -0.3 is 0 Å². The Balaban J connectivity index is 2.58. The molecule has 0 heterocycles. The van der Waals surface area contributed by atoms with Crippen LogP contribution < -0.4 is 0 Å². The van der Waals surface area contributed by atoms with Crippen molar-refractivity contribution < 1.29 is 4.79 Å². The van der Waals surface area contributed by atoms with Crippen LogP contribution in [0.4, 0.5) is 0 Å². The molecule has 0 N–H and O–H groups in total.